The van der Waals surface area contributed by atoms with Crippen molar-refractivity contribution < 1.29 is 56.8 Å². The first kappa shape index (κ1) is 49.9. The maximum Gasteiger partial charge on any atom is 0.416 e. The van der Waals surface area contributed by atoms with Gasteiger partial charge in [-0.2, -0.15) is 0 Å². The van der Waals surface area contributed by atoms with Crippen molar-refractivity contribution >= 4 is 49.3 Å². The van der Waals surface area contributed by atoms with Crippen LogP contribution in [0.25, 0.3) is 5.57 Å². The number of hydrogen-bond acceptors (Lipinski definition) is 12. The van der Waals surface area contributed by atoms with Gasteiger partial charge in [-0.3, -0.25) is 14.5 Å². The van der Waals surface area contributed by atoms with Gasteiger partial charge in [0, 0.05) is 24.4 Å². The summed E-state index contributed by atoms with van der Waals surface area (Å²) in [6.07, 6.45) is 6.98. The summed E-state index contributed by atoms with van der Waals surface area (Å²) < 4.78 is 47.9. The zero-order chi connectivity index (χ0) is 50.1. The molecule has 0 radical (unpaired) electrons. The summed E-state index contributed by atoms with van der Waals surface area (Å²) in [5.74, 6) is 2.10. The number of fused-ring (bicyclic) bond motifs is 6. The molecular weight excluding hydrogens is 913 g/mol. The van der Waals surface area contributed by atoms with Crippen LogP contribution in [0.15, 0.2) is 80.0 Å². The molecule has 16 nitrogen and oxygen atoms in total. The van der Waals surface area contributed by atoms with Gasteiger partial charge in [-0.15, -0.1) is 0 Å². The van der Waals surface area contributed by atoms with Crippen LogP contribution in [0.3, 0.4) is 0 Å². The van der Waals surface area contributed by atoms with Crippen LogP contribution in [0.5, 0.6) is 28.7 Å². The van der Waals surface area contributed by atoms with Crippen molar-refractivity contribution in [2.75, 3.05) is 64.1 Å². The number of benzene rings is 3. The first-order chi connectivity index (χ1) is 33.5. The number of carbonyl (C=O) groups is 4. The molecule has 8 rings (SSSR count). The van der Waals surface area contributed by atoms with Crippen molar-refractivity contribution in [3.63, 3.8) is 0 Å². The smallest absolute Gasteiger partial charge is 0.416 e. The Labute approximate surface area is 411 Å². The highest BCUT2D eigenvalue weighted by molar-refractivity contribution is 6.74. The normalized spacial score (nSPS) is 21.2. The molecule has 0 N–H and O–H groups in total. The third-order valence-corrected chi connectivity index (χ3v) is 18.8. The predicted molar refractivity (Wildman–Crippen MR) is 268 cm³/mol. The number of unbranched alkanes of at least 4 members (excludes halogenated alkanes) is 2. The summed E-state index contributed by atoms with van der Waals surface area (Å²) >= 11 is 0. The Balaban J connectivity index is 0.969. The van der Waals surface area contributed by atoms with Gasteiger partial charge in [-0.1, -0.05) is 58.2 Å². The zero-order valence-electron chi connectivity index (χ0n) is 41.6. The van der Waals surface area contributed by atoms with Gasteiger partial charge in [0.05, 0.1) is 75.7 Å². The van der Waals surface area contributed by atoms with Crippen molar-refractivity contribution in [3.05, 3.63) is 96.7 Å². The van der Waals surface area contributed by atoms with Gasteiger partial charge in [-0.25, -0.2) is 14.5 Å². The topological polar surface area (TPSA) is 155 Å². The van der Waals surface area contributed by atoms with E-state index in [1.807, 2.05) is 35.4 Å². The molecule has 0 spiro atoms. The van der Waals surface area contributed by atoms with Gasteiger partial charge in [0.2, 0.25) is 0 Å². The summed E-state index contributed by atoms with van der Waals surface area (Å²) in [6.45, 7) is 18.9. The second kappa shape index (κ2) is 20.5. The highest BCUT2D eigenvalue weighted by Crippen LogP contribution is 2.54. The van der Waals surface area contributed by atoms with E-state index in [4.69, 9.17) is 37.6 Å². The monoisotopic (exact) mass is 978 g/mol. The Morgan fingerprint density at radius 3 is 1.91 bits per heavy atom. The minimum absolute atomic E-state index is 0.000407. The molecule has 1 aliphatic carbocycles. The third kappa shape index (κ3) is 9.82. The number of nitrogens with zero attached hydrogens (tertiary/aromatic N) is 4. The van der Waals surface area contributed by atoms with Crippen molar-refractivity contribution in [1.82, 2.24) is 9.80 Å². The minimum atomic E-state index is -2.51. The molecule has 1 saturated carbocycles. The largest absolute Gasteiger partial charge is 0.497 e. The van der Waals surface area contributed by atoms with Crippen LogP contribution >= 0.6 is 0 Å². The van der Waals surface area contributed by atoms with Crippen LogP contribution in [-0.2, 0) is 13.9 Å². The average Bonchev–Trinajstić information content (AvgIpc) is 3.87. The fourth-order valence-corrected chi connectivity index (χ4v) is 10.8. The molecule has 17 heteroatoms. The van der Waals surface area contributed by atoms with Gasteiger partial charge >= 0.3 is 12.2 Å². The van der Waals surface area contributed by atoms with Crippen LogP contribution in [0.1, 0.15) is 85.6 Å². The lowest BCUT2D eigenvalue weighted by Gasteiger charge is -2.44. The van der Waals surface area contributed by atoms with Gasteiger partial charge in [0.1, 0.15) is 19.0 Å². The summed E-state index contributed by atoms with van der Waals surface area (Å²) in [4.78, 5) is 63.3. The number of ether oxygens (including phenoxy) is 7. The molecule has 4 amide bonds. The standard InChI is InChI=1S/C53H66N4O12Si/c1-11-20-67-51(60)55-32-36-24-35(33-16-18-37(62-6)19-17-33)31-54(36)48(58)38-27-44(63-7)46(29-41(38)55)65-22-14-13-15-23-66-47-30-42-39(28-45(47)64-8)49(59)56-40-25-34(40)26-43(56)50(57(42)52(61)68-21-12-2)69-70(9,10)53(3,4)5/h11-12,16-19,27-31,34,36,40,43,50H,1-2,13-15,20-26,32H2,3-10H3/t34-,36-,40-,43-,50?/m0/s1. The first-order valence-electron chi connectivity index (χ1n) is 24.0. The number of rotatable bonds is 18. The summed E-state index contributed by atoms with van der Waals surface area (Å²) in [5, 5.41) is -0.177. The number of hydrogen-bond donors (Lipinski definition) is 0. The molecule has 5 aliphatic rings. The van der Waals surface area contributed by atoms with Crippen LogP contribution in [-0.4, -0.2) is 121 Å². The van der Waals surface area contributed by atoms with E-state index in [1.165, 1.54) is 36.2 Å². The van der Waals surface area contributed by atoms with Crippen LogP contribution in [0, 0.1) is 5.92 Å². The van der Waals surface area contributed by atoms with E-state index in [-0.39, 0.29) is 60.3 Å². The average molecular weight is 979 g/mol. The van der Waals surface area contributed by atoms with E-state index in [0.29, 0.717) is 84.8 Å². The molecular formula is C53H66N4O12Si. The molecule has 1 saturated heterocycles. The maximum atomic E-state index is 14.5. The molecule has 3 aromatic carbocycles. The number of methoxy groups -OCH3 is 3. The lowest BCUT2D eigenvalue weighted by atomic mass is 10.0. The second-order valence-corrected chi connectivity index (χ2v) is 24.6. The van der Waals surface area contributed by atoms with Crippen molar-refractivity contribution in [2.45, 2.75) is 102 Å². The number of amides is 4. The predicted octanol–water partition coefficient (Wildman–Crippen LogP) is 9.83. The van der Waals surface area contributed by atoms with E-state index in [1.54, 1.807) is 36.3 Å². The minimum Gasteiger partial charge on any atom is -0.497 e. The van der Waals surface area contributed by atoms with Crippen LogP contribution in [0.4, 0.5) is 21.0 Å². The zero-order valence-corrected chi connectivity index (χ0v) is 42.6. The molecule has 1 unspecified atom stereocenters. The van der Waals surface area contributed by atoms with Gasteiger partial charge in [-0.05, 0) is 98.0 Å². The fourth-order valence-electron chi connectivity index (χ4n) is 9.55. The van der Waals surface area contributed by atoms with Crippen molar-refractivity contribution in [2.24, 2.45) is 5.92 Å². The molecule has 0 aromatic heterocycles. The van der Waals surface area contributed by atoms with E-state index in [9.17, 15) is 19.2 Å². The van der Waals surface area contributed by atoms with Crippen molar-refractivity contribution in [3.8, 4) is 28.7 Å². The number of carbonyl (C=O) groups excluding carboxylic acids is 4. The molecule has 3 aromatic rings. The summed E-state index contributed by atoms with van der Waals surface area (Å²) in [5.41, 5.74) is 3.21. The van der Waals surface area contributed by atoms with Gasteiger partial charge < -0.3 is 47.4 Å². The van der Waals surface area contributed by atoms with E-state index in [2.05, 4.69) is 47.0 Å². The van der Waals surface area contributed by atoms with Gasteiger partial charge in [0.15, 0.2) is 37.5 Å². The fraction of sp³-hybridized carbons (Fsp3) is 0.472. The molecule has 70 heavy (non-hydrogen) atoms. The highest BCUT2D eigenvalue weighted by atomic mass is 28.4. The Bertz CT molecular complexity index is 2540. The number of piperidine rings is 1. The molecule has 4 heterocycles. The Morgan fingerprint density at radius 2 is 1.33 bits per heavy atom. The Hall–Kier alpha value is -6.46. The second-order valence-electron chi connectivity index (χ2n) is 19.8. The van der Waals surface area contributed by atoms with E-state index < -0.39 is 26.7 Å². The van der Waals surface area contributed by atoms with Crippen LogP contribution in [0.2, 0.25) is 18.1 Å². The first-order valence-corrected chi connectivity index (χ1v) is 26.9. The summed E-state index contributed by atoms with van der Waals surface area (Å²) in [6, 6.07) is 13.7. The summed E-state index contributed by atoms with van der Waals surface area (Å²) in [7, 11) is 2.14. The Morgan fingerprint density at radius 1 is 0.743 bits per heavy atom. The SMILES string of the molecule is C=CCOC(=O)N1C[C@@H]2CC(c3ccc(OC)cc3)=CN2C(=O)c2cc(OC)c(OCCCCCOc3cc4c(cc3OC)C(=O)N3[C@@H](C[C@@H]5C[C@@H]53)C(O[Si](C)(C)C(C)(C)C)N4C(=O)OCC=C)cc21. The van der Waals surface area contributed by atoms with E-state index >= 15 is 0 Å². The van der Waals surface area contributed by atoms with E-state index in [0.717, 1.165) is 29.7 Å². The molecule has 4 aliphatic heterocycles. The molecule has 374 valence electrons. The highest BCUT2D eigenvalue weighted by Gasteiger charge is 2.61. The lowest BCUT2D eigenvalue weighted by molar-refractivity contribution is 0.0458. The van der Waals surface area contributed by atoms with Gasteiger partial charge in [0.25, 0.3) is 11.8 Å². The molecule has 5 atom stereocenters. The molecule has 0 bridgehead atoms. The number of anilines is 2. The van der Waals surface area contributed by atoms with Crippen LogP contribution < -0.4 is 33.5 Å². The molecule has 2 fully saturated rings. The lowest BCUT2D eigenvalue weighted by Crippen LogP contribution is -2.58. The quantitative estimate of drug-likeness (QED) is 0.0677. The Kier molecular flexibility index (Phi) is 14.6. The van der Waals surface area contributed by atoms with Crippen molar-refractivity contribution in [1.29, 1.82) is 0 Å². The maximum absolute atomic E-state index is 14.5. The third-order valence-electron chi connectivity index (χ3n) is 14.4.